The number of cyclic esters (lactones) is 1. The van der Waals surface area contributed by atoms with Crippen molar-refractivity contribution in [3.05, 3.63) is 47.6 Å². The summed E-state index contributed by atoms with van der Waals surface area (Å²) in [5, 5.41) is 23.9. The standard InChI is InChI=1S/C60H100N2O14SSi/c1-39-20-16-15-17-21-41(3)49(62-30-33-77(62,69)70)38-47-26-24-45(7)60(68,76-47)56(65)57(66)61-29-19-18-22-48(61)58(67)75-50(27-23-40(2)35-44(6)54(64)55(72-12)53(63)43(5)34-39)42(4)36-46-25-28-51(52(37-46)71-11)73-31-32-74-78(13,14)59(8,9)10/h15-17,20-21,35,39-40,42-43,45-52,54-55,64,68H,18-19,22-34,36-38H2,1-14H3/b17-15+,20-16+,41-21+,44-35+/t39-,40+,42-,43-,45-,46+,47+,48+,49?,50+,51-,52-,54-,55+,60-/m1/s1. The van der Waals surface area contributed by atoms with Crippen LogP contribution in [0.5, 0.6) is 0 Å². The Morgan fingerprint density at radius 1 is 0.821 bits per heavy atom. The van der Waals surface area contributed by atoms with E-state index >= 15 is 0 Å². The largest absolute Gasteiger partial charge is 0.461 e. The van der Waals surface area contributed by atoms with Crippen LogP contribution in [0.2, 0.25) is 18.1 Å². The Hall–Kier alpha value is -2.91. The fourth-order valence-corrected chi connectivity index (χ4v) is 14.3. The lowest BCUT2D eigenvalue weighted by atomic mass is 9.78. The summed E-state index contributed by atoms with van der Waals surface area (Å²) in [4.78, 5) is 58.9. The number of aliphatic hydroxyl groups is 2. The van der Waals surface area contributed by atoms with Crippen LogP contribution in [0.15, 0.2) is 47.6 Å². The van der Waals surface area contributed by atoms with Gasteiger partial charge in [0.25, 0.3) is 11.7 Å². The third kappa shape index (κ3) is 17.1. The fraction of sp³-hybridized carbons (Fsp3) is 0.800. The summed E-state index contributed by atoms with van der Waals surface area (Å²) in [5.41, 5.74) is 1.32. The van der Waals surface area contributed by atoms with E-state index in [4.69, 9.17) is 28.1 Å². The Kier molecular flexibility index (Phi) is 24.4. The van der Waals surface area contributed by atoms with E-state index < -0.39 is 90.1 Å². The number of fused-ring (bicyclic) bond motifs is 3. The molecule has 1 saturated carbocycles. The molecule has 1 unspecified atom stereocenters. The Balaban J connectivity index is 1.42. The van der Waals surface area contributed by atoms with Gasteiger partial charge in [-0.25, -0.2) is 13.2 Å². The van der Waals surface area contributed by atoms with Crippen molar-refractivity contribution in [2.45, 2.75) is 225 Å². The van der Waals surface area contributed by atoms with E-state index in [9.17, 15) is 37.8 Å². The van der Waals surface area contributed by atoms with E-state index in [0.717, 1.165) is 31.3 Å². The molecule has 18 heteroatoms. The summed E-state index contributed by atoms with van der Waals surface area (Å²) >= 11 is 0. The lowest BCUT2D eigenvalue weighted by molar-refractivity contribution is -0.264. The van der Waals surface area contributed by atoms with Gasteiger partial charge in [-0.3, -0.25) is 14.4 Å². The Bertz CT molecular complexity index is 2260. The first-order valence-corrected chi connectivity index (χ1v) is 33.7. The molecule has 0 radical (unpaired) electrons. The lowest BCUT2D eigenvalue weighted by Crippen LogP contribution is -2.61. The van der Waals surface area contributed by atoms with Crippen LogP contribution in [0.4, 0.5) is 0 Å². The Labute approximate surface area is 469 Å². The van der Waals surface area contributed by atoms with Gasteiger partial charge >= 0.3 is 5.97 Å². The van der Waals surface area contributed by atoms with Crippen LogP contribution in [0.1, 0.15) is 153 Å². The summed E-state index contributed by atoms with van der Waals surface area (Å²) in [6.45, 7) is 25.8. The van der Waals surface area contributed by atoms with E-state index in [1.54, 1.807) is 21.0 Å². The van der Waals surface area contributed by atoms with Crippen molar-refractivity contribution in [2.75, 3.05) is 46.3 Å². The fourth-order valence-electron chi connectivity index (χ4n) is 12.0. The average Bonchev–Trinajstić information content (AvgIpc) is 3.40. The maximum atomic E-state index is 14.7. The van der Waals surface area contributed by atoms with Crippen LogP contribution in [-0.4, -0.2) is 160 Å². The summed E-state index contributed by atoms with van der Waals surface area (Å²) in [6, 6.07) is -1.71. The van der Waals surface area contributed by atoms with Gasteiger partial charge in [-0.1, -0.05) is 97.4 Å². The number of piperidine rings is 1. The monoisotopic (exact) mass is 1130 g/mol. The number of carbonyl (C=O) groups is 4. The molecule has 4 fully saturated rings. The van der Waals surface area contributed by atoms with Crippen LogP contribution in [0, 0.1) is 35.5 Å². The highest BCUT2D eigenvalue weighted by Gasteiger charge is 2.54. The molecule has 15 atom stereocenters. The van der Waals surface area contributed by atoms with Crippen molar-refractivity contribution in [3.63, 3.8) is 0 Å². The minimum absolute atomic E-state index is 0.00206. The Morgan fingerprint density at radius 2 is 1.54 bits per heavy atom. The number of rotatable bonds is 11. The van der Waals surface area contributed by atoms with E-state index in [0.29, 0.717) is 70.3 Å². The SMILES string of the molecule is CO[C@@H]1C[C@H](C[C@@H](C)[C@@H]2CC[C@H](C)/C=C(\C)[C@@H](O)[C@@H](OC)C(=O)[C@H](C)C[C@H](C)/C=C/C=C/C=C(\C)C(N3CCS3(=O)=O)C[C@@H]3CC[C@@H](C)[C@@](O)(O3)C(=O)C(=O)N3CCCC[C@H]3C(=O)O2)CC[C@H]1OCCO[Si](C)(C)C(C)(C)C. The molecule has 1 aliphatic carbocycles. The number of amides is 1. The number of esters is 1. The molecule has 1 amide bonds. The van der Waals surface area contributed by atoms with E-state index in [1.807, 2.05) is 64.2 Å². The third-order valence-electron chi connectivity index (χ3n) is 18.2. The van der Waals surface area contributed by atoms with Gasteiger partial charge in [-0.15, -0.1) is 0 Å². The molecule has 5 rings (SSSR count). The minimum atomic E-state index is -3.54. The maximum Gasteiger partial charge on any atom is 0.329 e. The first-order chi connectivity index (χ1) is 36.5. The normalized spacial score (nSPS) is 37.9. The zero-order valence-electron chi connectivity index (χ0n) is 49.9. The van der Waals surface area contributed by atoms with Gasteiger partial charge in [-0.2, -0.15) is 4.31 Å². The molecule has 5 aliphatic rings. The highest BCUT2D eigenvalue weighted by atomic mass is 32.2. The van der Waals surface area contributed by atoms with Gasteiger partial charge < -0.3 is 43.2 Å². The summed E-state index contributed by atoms with van der Waals surface area (Å²) in [6.07, 6.45) is 14.6. The number of nitrogens with zero attached hydrogens (tertiary/aromatic N) is 2. The summed E-state index contributed by atoms with van der Waals surface area (Å²) < 4.78 is 64.9. The van der Waals surface area contributed by atoms with Gasteiger partial charge in [0.1, 0.15) is 24.4 Å². The van der Waals surface area contributed by atoms with Gasteiger partial charge in [-0.05, 0) is 145 Å². The first kappa shape index (κ1) is 65.9. The van der Waals surface area contributed by atoms with Crippen molar-refractivity contribution in [3.8, 4) is 0 Å². The molecule has 0 aromatic carbocycles. The molecule has 2 bridgehead atoms. The first-order valence-electron chi connectivity index (χ1n) is 29.2. The number of hydrogen-bond acceptors (Lipinski definition) is 14. The van der Waals surface area contributed by atoms with E-state index in [2.05, 4.69) is 40.8 Å². The molecule has 3 saturated heterocycles. The predicted octanol–water partition coefficient (Wildman–Crippen LogP) is 9.05. The average molecular weight is 1130 g/mol. The molecule has 0 aromatic heterocycles. The molecule has 0 aromatic rings. The lowest BCUT2D eigenvalue weighted by Gasteiger charge is -2.44. The smallest absolute Gasteiger partial charge is 0.329 e. The maximum absolute atomic E-state index is 14.7. The highest BCUT2D eigenvalue weighted by molar-refractivity contribution is 7.90. The second-order valence-electron chi connectivity index (χ2n) is 25.4. The van der Waals surface area contributed by atoms with Crippen molar-refractivity contribution < 1.29 is 65.9 Å². The number of ketones is 2. The molecule has 16 nitrogen and oxygen atoms in total. The van der Waals surface area contributed by atoms with Crippen molar-refractivity contribution in [2.24, 2.45) is 35.5 Å². The molecular weight excluding hydrogens is 1030 g/mol. The van der Waals surface area contributed by atoms with E-state index in [-0.39, 0.29) is 71.8 Å². The van der Waals surface area contributed by atoms with Gasteiger partial charge in [0, 0.05) is 45.2 Å². The number of ether oxygens (including phenoxy) is 5. The highest BCUT2D eigenvalue weighted by Crippen LogP contribution is 2.40. The number of hydrogen-bond donors (Lipinski definition) is 2. The zero-order valence-corrected chi connectivity index (χ0v) is 51.7. The molecule has 4 aliphatic heterocycles. The zero-order chi connectivity index (χ0) is 57.9. The number of methoxy groups -OCH3 is 2. The number of Topliss-reactive ketones (excluding diaryl/α,β-unsaturated/α-hetero) is 2. The number of sulfonamides is 1. The second kappa shape index (κ2) is 28.9. The molecule has 78 heavy (non-hydrogen) atoms. The van der Waals surface area contributed by atoms with Crippen molar-refractivity contribution >= 4 is 41.8 Å². The molecule has 0 spiro atoms. The predicted molar refractivity (Wildman–Crippen MR) is 305 cm³/mol. The number of allylic oxidation sites excluding steroid dienone is 6. The number of aliphatic hydroxyl groups excluding tert-OH is 1. The minimum Gasteiger partial charge on any atom is -0.461 e. The van der Waals surface area contributed by atoms with Crippen LogP contribution in [0.3, 0.4) is 0 Å². The molecular formula is C60H100N2O14SSi. The van der Waals surface area contributed by atoms with Crippen molar-refractivity contribution in [1.82, 2.24) is 9.21 Å². The Morgan fingerprint density at radius 3 is 2.18 bits per heavy atom. The van der Waals surface area contributed by atoms with Crippen LogP contribution < -0.4 is 0 Å². The second-order valence-corrected chi connectivity index (χ2v) is 32.2. The van der Waals surface area contributed by atoms with Gasteiger partial charge in [0.05, 0.1) is 37.3 Å². The summed E-state index contributed by atoms with van der Waals surface area (Å²) in [7, 11) is -2.31. The van der Waals surface area contributed by atoms with Crippen molar-refractivity contribution in [1.29, 1.82) is 0 Å². The van der Waals surface area contributed by atoms with Gasteiger partial charge in [0.15, 0.2) is 14.1 Å². The van der Waals surface area contributed by atoms with E-state index in [1.165, 1.54) is 16.3 Å². The molecule has 4 heterocycles. The van der Waals surface area contributed by atoms with Crippen LogP contribution >= 0.6 is 0 Å². The van der Waals surface area contributed by atoms with Crippen LogP contribution in [-0.2, 0) is 57.3 Å². The summed E-state index contributed by atoms with van der Waals surface area (Å²) in [5.74, 6) is -6.66. The number of carbonyl (C=O) groups excluding carboxylic acids is 4. The topological polar surface area (TPSA) is 205 Å². The third-order valence-corrected chi connectivity index (χ3v) is 24.6. The molecule has 444 valence electrons. The molecule has 2 N–H and O–H groups in total. The van der Waals surface area contributed by atoms with Crippen LogP contribution in [0.25, 0.3) is 0 Å². The quantitative estimate of drug-likeness (QED) is 0.0652. The van der Waals surface area contributed by atoms with Gasteiger partial charge in [0.2, 0.25) is 15.8 Å².